The summed E-state index contributed by atoms with van der Waals surface area (Å²) >= 11 is 12.5. The third-order valence-electron chi connectivity index (χ3n) is 4.89. The molecule has 2 aromatic carbocycles. The summed E-state index contributed by atoms with van der Waals surface area (Å²) in [6, 6.07) is 12.9. The predicted molar refractivity (Wildman–Crippen MR) is 120 cm³/mol. The van der Waals surface area contributed by atoms with E-state index in [-0.39, 0.29) is 5.91 Å². The largest absolute Gasteiger partial charge is 0.497 e. The van der Waals surface area contributed by atoms with Crippen LogP contribution in [0.3, 0.4) is 0 Å². The Labute approximate surface area is 181 Å². The van der Waals surface area contributed by atoms with Crippen LogP contribution in [0, 0.1) is 0 Å². The van der Waals surface area contributed by atoms with Gasteiger partial charge >= 0.3 is 0 Å². The van der Waals surface area contributed by atoms with Crippen molar-refractivity contribution in [2.24, 2.45) is 0 Å². The van der Waals surface area contributed by atoms with Gasteiger partial charge < -0.3 is 15.0 Å². The van der Waals surface area contributed by atoms with Crippen molar-refractivity contribution in [3.8, 4) is 5.75 Å². The zero-order chi connectivity index (χ0) is 20.6. The van der Waals surface area contributed by atoms with E-state index < -0.39 is 0 Å². The molecule has 154 valence electrons. The summed E-state index contributed by atoms with van der Waals surface area (Å²) in [7, 11) is 1.59. The van der Waals surface area contributed by atoms with Gasteiger partial charge in [-0.25, -0.2) is 0 Å². The Morgan fingerprint density at radius 1 is 1.10 bits per heavy atom. The summed E-state index contributed by atoms with van der Waals surface area (Å²) in [6.07, 6.45) is 4.08. The van der Waals surface area contributed by atoms with Gasteiger partial charge in [-0.1, -0.05) is 47.5 Å². The number of hydrogen-bond donors (Lipinski definition) is 1. The number of methoxy groups -OCH3 is 1. The highest BCUT2D eigenvalue weighted by molar-refractivity contribution is 6.43. The Bertz CT molecular complexity index is 865. The van der Waals surface area contributed by atoms with Crippen LogP contribution in [0.1, 0.15) is 10.4 Å². The Kier molecular flexibility index (Phi) is 7.81. The topological polar surface area (TPSA) is 44.8 Å². The van der Waals surface area contributed by atoms with Gasteiger partial charge in [0.2, 0.25) is 0 Å². The molecule has 1 amide bonds. The zero-order valence-electron chi connectivity index (χ0n) is 16.4. The van der Waals surface area contributed by atoms with Gasteiger partial charge in [-0.05, 0) is 30.3 Å². The van der Waals surface area contributed by atoms with E-state index in [1.807, 2.05) is 30.3 Å². The number of amides is 1. The zero-order valence-corrected chi connectivity index (χ0v) is 17.9. The van der Waals surface area contributed by atoms with Crippen molar-refractivity contribution in [1.82, 2.24) is 10.2 Å². The average molecular weight is 434 g/mol. The molecule has 2 aromatic rings. The Hall–Kier alpha value is -2.21. The minimum absolute atomic E-state index is 0.111. The molecule has 3 rings (SSSR count). The molecular weight excluding hydrogens is 409 g/mol. The Morgan fingerprint density at radius 2 is 1.86 bits per heavy atom. The fraction of sp³-hybridized carbons (Fsp3) is 0.318. The number of carbonyl (C=O) groups excluding carboxylic acids is 1. The van der Waals surface area contributed by atoms with Crippen LogP contribution < -0.4 is 15.0 Å². The number of nitrogens with one attached hydrogen (secondary N) is 1. The number of piperazine rings is 1. The van der Waals surface area contributed by atoms with Crippen molar-refractivity contribution in [3.63, 3.8) is 0 Å². The average Bonchev–Trinajstić information content (AvgIpc) is 2.76. The van der Waals surface area contributed by atoms with E-state index in [2.05, 4.69) is 21.2 Å². The molecular formula is C22H25Cl2N3O2. The molecule has 1 aliphatic heterocycles. The minimum Gasteiger partial charge on any atom is -0.497 e. The van der Waals surface area contributed by atoms with E-state index >= 15 is 0 Å². The predicted octanol–water partition coefficient (Wildman–Crippen LogP) is 4.11. The Morgan fingerprint density at radius 3 is 2.62 bits per heavy atom. The van der Waals surface area contributed by atoms with Crippen LogP contribution in [0.2, 0.25) is 10.0 Å². The smallest absolute Gasteiger partial charge is 0.251 e. The highest BCUT2D eigenvalue weighted by Gasteiger charge is 2.18. The monoisotopic (exact) mass is 433 g/mol. The van der Waals surface area contributed by atoms with Gasteiger partial charge in [-0.15, -0.1) is 0 Å². The number of ether oxygens (including phenoxy) is 1. The summed E-state index contributed by atoms with van der Waals surface area (Å²) in [4.78, 5) is 16.8. The maximum atomic E-state index is 12.2. The molecule has 1 fully saturated rings. The molecule has 0 radical (unpaired) electrons. The number of benzene rings is 2. The van der Waals surface area contributed by atoms with Crippen LogP contribution >= 0.6 is 23.2 Å². The van der Waals surface area contributed by atoms with Crippen molar-refractivity contribution in [3.05, 3.63) is 70.2 Å². The van der Waals surface area contributed by atoms with E-state index in [4.69, 9.17) is 27.9 Å². The molecule has 0 unspecified atom stereocenters. The van der Waals surface area contributed by atoms with Crippen molar-refractivity contribution in [2.45, 2.75) is 0 Å². The van der Waals surface area contributed by atoms with Crippen molar-refractivity contribution in [2.75, 3.05) is 51.3 Å². The van der Waals surface area contributed by atoms with Gasteiger partial charge in [0.1, 0.15) is 5.75 Å². The first kappa shape index (κ1) is 21.5. The van der Waals surface area contributed by atoms with E-state index in [9.17, 15) is 4.79 Å². The summed E-state index contributed by atoms with van der Waals surface area (Å²) in [5.74, 6) is 0.562. The number of nitrogens with zero attached hydrogens (tertiary/aromatic N) is 2. The van der Waals surface area contributed by atoms with Crippen molar-refractivity contribution < 1.29 is 9.53 Å². The number of halogens is 2. The second-order valence-electron chi connectivity index (χ2n) is 6.77. The lowest BCUT2D eigenvalue weighted by Crippen LogP contribution is -2.46. The number of carbonyl (C=O) groups is 1. The summed E-state index contributed by atoms with van der Waals surface area (Å²) in [5, 5.41) is 4.10. The molecule has 0 spiro atoms. The van der Waals surface area contributed by atoms with Crippen molar-refractivity contribution >= 4 is 34.8 Å². The fourth-order valence-corrected chi connectivity index (χ4v) is 3.65. The molecule has 5 nitrogen and oxygen atoms in total. The molecule has 0 atom stereocenters. The van der Waals surface area contributed by atoms with Gasteiger partial charge in [0.25, 0.3) is 5.91 Å². The Balaban J connectivity index is 1.39. The fourth-order valence-electron chi connectivity index (χ4n) is 3.23. The standard InChI is InChI=1S/C22H25Cl2N3O2/c1-29-18-7-4-6-17(16-18)22(28)25-10-2-3-11-26-12-14-27(15-13-26)20-9-5-8-19(23)21(20)24/h2-9,16H,10-15H2,1H3,(H,25,28)/b3-2+. The molecule has 7 heteroatoms. The molecule has 0 saturated carbocycles. The second kappa shape index (κ2) is 10.5. The first-order valence-electron chi connectivity index (χ1n) is 9.57. The molecule has 1 N–H and O–H groups in total. The maximum Gasteiger partial charge on any atom is 0.251 e. The van der Waals surface area contributed by atoms with E-state index in [1.165, 1.54) is 0 Å². The van der Waals surface area contributed by atoms with E-state index in [1.54, 1.807) is 25.3 Å². The molecule has 1 saturated heterocycles. The molecule has 0 aliphatic carbocycles. The first-order chi connectivity index (χ1) is 14.1. The first-order valence-corrected chi connectivity index (χ1v) is 10.3. The summed E-state index contributed by atoms with van der Waals surface area (Å²) in [6.45, 7) is 5.05. The van der Waals surface area contributed by atoms with Gasteiger partial charge in [0.15, 0.2) is 0 Å². The molecule has 1 heterocycles. The normalized spacial score (nSPS) is 14.9. The molecule has 0 bridgehead atoms. The van der Waals surface area contributed by atoms with E-state index in [0.29, 0.717) is 27.9 Å². The number of rotatable bonds is 7. The lowest BCUT2D eigenvalue weighted by Gasteiger charge is -2.36. The number of anilines is 1. The number of hydrogen-bond acceptors (Lipinski definition) is 4. The van der Waals surface area contributed by atoms with Crippen LogP contribution in [-0.2, 0) is 0 Å². The van der Waals surface area contributed by atoms with Crippen LogP contribution in [0.4, 0.5) is 5.69 Å². The molecule has 29 heavy (non-hydrogen) atoms. The summed E-state index contributed by atoms with van der Waals surface area (Å²) in [5.41, 5.74) is 1.59. The minimum atomic E-state index is -0.111. The van der Waals surface area contributed by atoms with Crippen LogP contribution in [0.15, 0.2) is 54.6 Å². The maximum absolute atomic E-state index is 12.2. The van der Waals surface area contributed by atoms with Gasteiger partial charge in [0.05, 0.1) is 22.8 Å². The highest BCUT2D eigenvalue weighted by Crippen LogP contribution is 2.32. The van der Waals surface area contributed by atoms with Crippen LogP contribution in [0.25, 0.3) is 0 Å². The quantitative estimate of drug-likeness (QED) is 0.667. The van der Waals surface area contributed by atoms with Crippen molar-refractivity contribution in [1.29, 1.82) is 0 Å². The summed E-state index contributed by atoms with van der Waals surface area (Å²) < 4.78 is 5.15. The van der Waals surface area contributed by atoms with Crippen LogP contribution in [0.5, 0.6) is 5.75 Å². The van der Waals surface area contributed by atoms with Gasteiger partial charge in [0, 0.05) is 44.8 Å². The lowest BCUT2D eigenvalue weighted by atomic mass is 10.2. The molecule has 1 aliphatic rings. The van der Waals surface area contributed by atoms with Gasteiger partial charge in [-0.3, -0.25) is 9.69 Å². The third-order valence-corrected chi connectivity index (χ3v) is 5.70. The molecule has 0 aromatic heterocycles. The van der Waals surface area contributed by atoms with Gasteiger partial charge in [-0.2, -0.15) is 0 Å². The SMILES string of the molecule is COc1cccc(C(=O)NC/C=C/CN2CCN(c3cccc(Cl)c3Cl)CC2)c1. The van der Waals surface area contributed by atoms with E-state index in [0.717, 1.165) is 38.4 Å². The highest BCUT2D eigenvalue weighted by atomic mass is 35.5. The third kappa shape index (κ3) is 5.89. The van der Waals surface area contributed by atoms with Crippen LogP contribution in [-0.4, -0.2) is 57.2 Å². The lowest BCUT2D eigenvalue weighted by molar-refractivity contribution is 0.0957. The second-order valence-corrected chi connectivity index (χ2v) is 7.56.